The highest BCUT2D eigenvalue weighted by Crippen LogP contribution is 2.49. The van der Waals surface area contributed by atoms with Gasteiger partial charge in [-0.1, -0.05) is 31.9 Å². The number of methoxy groups -OCH3 is 2. The van der Waals surface area contributed by atoms with E-state index in [1.807, 2.05) is 24.3 Å². The van der Waals surface area contributed by atoms with E-state index in [-0.39, 0.29) is 19.1 Å². The summed E-state index contributed by atoms with van der Waals surface area (Å²) in [5.74, 6) is 1.33. The van der Waals surface area contributed by atoms with Crippen molar-refractivity contribution in [3.63, 3.8) is 0 Å². The summed E-state index contributed by atoms with van der Waals surface area (Å²) in [6.07, 6.45) is 0. The van der Waals surface area contributed by atoms with Crippen LogP contribution in [0.25, 0.3) is 0 Å². The lowest BCUT2D eigenvalue weighted by Gasteiger charge is -2.40. The van der Waals surface area contributed by atoms with Crippen molar-refractivity contribution in [2.75, 3.05) is 32.7 Å². The van der Waals surface area contributed by atoms with Gasteiger partial charge in [0.15, 0.2) is 25.1 Å². The Labute approximate surface area is 205 Å². The molecule has 160 valence electrons. The second-order valence-corrected chi connectivity index (χ2v) is 10.6. The van der Waals surface area contributed by atoms with Gasteiger partial charge in [-0.2, -0.15) is 0 Å². The molecule has 0 aliphatic heterocycles. The molecule has 0 aliphatic rings. The van der Waals surface area contributed by atoms with Crippen LogP contribution in [-0.2, 0) is 9.47 Å². The van der Waals surface area contributed by atoms with E-state index >= 15 is 0 Å². The van der Waals surface area contributed by atoms with E-state index < -0.39 is 0 Å². The Morgan fingerprint density at radius 3 is 1.41 bits per heavy atom. The third-order valence-corrected chi connectivity index (χ3v) is 5.87. The summed E-state index contributed by atoms with van der Waals surface area (Å²) in [6, 6.07) is 7.90. The Morgan fingerprint density at radius 1 is 0.724 bits per heavy atom. The molecule has 2 aromatic carbocycles. The molecule has 0 aliphatic carbocycles. The molecule has 0 spiro atoms. The van der Waals surface area contributed by atoms with Gasteiger partial charge in [-0.05, 0) is 76.9 Å². The minimum Gasteiger partial charge on any atom is -0.464 e. The summed E-state index contributed by atoms with van der Waals surface area (Å²) < 4.78 is 25.6. The maximum absolute atomic E-state index is 5.93. The van der Waals surface area contributed by atoms with Gasteiger partial charge < -0.3 is 23.8 Å². The summed E-state index contributed by atoms with van der Waals surface area (Å²) >= 11 is 14.4. The zero-order valence-electron chi connectivity index (χ0n) is 16.8. The predicted octanol–water partition coefficient (Wildman–Crippen LogP) is 7.64. The van der Waals surface area contributed by atoms with Gasteiger partial charge in [0.2, 0.25) is 0 Å². The van der Waals surface area contributed by atoms with Gasteiger partial charge >= 0.3 is 0 Å². The van der Waals surface area contributed by atoms with Gasteiger partial charge in [-0.3, -0.25) is 0 Å². The molecule has 0 amide bonds. The standard InChI is InChI=1S/C20H23Br4NO4/c1-20(2,3)25(16-8-12(21)6-14(23)18(16)28-10-26-4)17-9-13(22)7-15(24)19(17)29-11-27-5/h6-9H,10-11H2,1-5H3. The number of ether oxygens (including phenoxy) is 4. The summed E-state index contributed by atoms with van der Waals surface area (Å²) in [6.45, 7) is 6.62. The van der Waals surface area contributed by atoms with Crippen LogP contribution in [0.2, 0.25) is 0 Å². The van der Waals surface area contributed by atoms with Crippen LogP contribution >= 0.6 is 63.7 Å². The van der Waals surface area contributed by atoms with Gasteiger partial charge in [0, 0.05) is 28.7 Å². The van der Waals surface area contributed by atoms with Crippen molar-refractivity contribution in [3.05, 3.63) is 42.2 Å². The van der Waals surface area contributed by atoms with Crippen LogP contribution < -0.4 is 14.4 Å². The van der Waals surface area contributed by atoms with Gasteiger partial charge in [-0.25, -0.2) is 0 Å². The minimum absolute atomic E-state index is 0.125. The second kappa shape index (κ2) is 10.8. The van der Waals surface area contributed by atoms with E-state index in [9.17, 15) is 0 Å². The normalized spacial score (nSPS) is 11.5. The highest BCUT2D eigenvalue weighted by atomic mass is 79.9. The first kappa shape index (κ1) is 24.9. The lowest BCUT2D eigenvalue weighted by atomic mass is 10.0. The summed E-state index contributed by atoms with van der Waals surface area (Å²) in [7, 11) is 3.19. The van der Waals surface area contributed by atoms with Crippen molar-refractivity contribution in [2.24, 2.45) is 0 Å². The molecule has 0 saturated carbocycles. The van der Waals surface area contributed by atoms with Gasteiger partial charge in [-0.15, -0.1) is 0 Å². The molecule has 0 aromatic heterocycles. The van der Waals surface area contributed by atoms with Crippen molar-refractivity contribution >= 4 is 75.1 Å². The molecule has 0 fully saturated rings. The van der Waals surface area contributed by atoms with E-state index in [0.717, 1.165) is 29.3 Å². The molecule has 0 unspecified atom stereocenters. The first-order valence-corrected chi connectivity index (χ1v) is 11.8. The molecule has 0 heterocycles. The number of hydrogen-bond donors (Lipinski definition) is 0. The fourth-order valence-electron chi connectivity index (χ4n) is 2.80. The van der Waals surface area contributed by atoms with Crippen LogP contribution in [0.4, 0.5) is 11.4 Å². The Morgan fingerprint density at radius 2 is 1.10 bits per heavy atom. The maximum atomic E-state index is 5.93. The Balaban J connectivity index is 2.79. The Hall–Kier alpha value is -0.320. The number of benzene rings is 2. The van der Waals surface area contributed by atoms with E-state index in [1.54, 1.807) is 14.2 Å². The molecule has 0 radical (unpaired) electrons. The average Bonchev–Trinajstić information content (AvgIpc) is 2.59. The number of hydrogen-bond acceptors (Lipinski definition) is 5. The van der Waals surface area contributed by atoms with Crippen LogP contribution in [0, 0.1) is 0 Å². The van der Waals surface area contributed by atoms with Crippen molar-refractivity contribution in [2.45, 2.75) is 26.3 Å². The number of rotatable bonds is 8. The molecule has 0 atom stereocenters. The maximum Gasteiger partial charge on any atom is 0.188 e. The van der Waals surface area contributed by atoms with Gasteiger partial charge in [0.1, 0.15) is 0 Å². The monoisotopic (exact) mass is 657 g/mol. The molecular formula is C20H23Br4NO4. The van der Waals surface area contributed by atoms with Crippen LogP contribution in [0.5, 0.6) is 11.5 Å². The van der Waals surface area contributed by atoms with Crippen LogP contribution in [-0.4, -0.2) is 33.3 Å². The molecule has 29 heavy (non-hydrogen) atoms. The topological polar surface area (TPSA) is 40.2 Å². The summed E-state index contributed by atoms with van der Waals surface area (Å²) in [5, 5.41) is 0. The quantitative estimate of drug-likeness (QED) is 0.272. The third kappa shape index (κ3) is 6.33. The van der Waals surface area contributed by atoms with Gasteiger partial charge in [0.05, 0.1) is 20.3 Å². The van der Waals surface area contributed by atoms with Gasteiger partial charge in [0.25, 0.3) is 0 Å². The van der Waals surface area contributed by atoms with E-state index in [0.29, 0.717) is 11.5 Å². The number of nitrogens with zero attached hydrogens (tertiary/aromatic N) is 1. The molecule has 0 N–H and O–H groups in total. The molecule has 2 rings (SSSR count). The predicted molar refractivity (Wildman–Crippen MR) is 131 cm³/mol. The van der Waals surface area contributed by atoms with E-state index in [2.05, 4.69) is 89.4 Å². The molecular weight excluding hydrogens is 638 g/mol. The van der Waals surface area contributed by atoms with Crippen LogP contribution in [0.15, 0.2) is 42.2 Å². The van der Waals surface area contributed by atoms with E-state index in [1.165, 1.54) is 0 Å². The first-order chi connectivity index (χ1) is 13.6. The average molecular weight is 661 g/mol. The lowest BCUT2D eigenvalue weighted by molar-refractivity contribution is 0.0502. The highest BCUT2D eigenvalue weighted by molar-refractivity contribution is 9.11. The molecule has 0 bridgehead atoms. The Kier molecular flexibility index (Phi) is 9.30. The fourth-order valence-corrected chi connectivity index (χ4v) is 5.43. The van der Waals surface area contributed by atoms with Crippen molar-refractivity contribution in [1.29, 1.82) is 0 Å². The van der Waals surface area contributed by atoms with Crippen molar-refractivity contribution in [3.8, 4) is 11.5 Å². The van der Waals surface area contributed by atoms with E-state index in [4.69, 9.17) is 18.9 Å². The largest absolute Gasteiger partial charge is 0.464 e. The fraction of sp³-hybridized carbons (Fsp3) is 0.400. The van der Waals surface area contributed by atoms with Crippen LogP contribution in [0.1, 0.15) is 20.8 Å². The Bertz CT molecular complexity index is 792. The highest BCUT2D eigenvalue weighted by Gasteiger charge is 2.31. The number of halogens is 4. The first-order valence-electron chi connectivity index (χ1n) is 8.62. The summed E-state index contributed by atoms with van der Waals surface area (Å²) in [5.41, 5.74) is 1.38. The number of anilines is 2. The minimum atomic E-state index is -0.323. The second-order valence-electron chi connectivity index (χ2n) is 7.08. The lowest BCUT2D eigenvalue weighted by Crippen LogP contribution is -2.38. The van der Waals surface area contributed by atoms with Crippen molar-refractivity contribution < 1.29 is 18.9 Å². The zero-order valence-corrected chi connectivity index (χ0v) is 23.2. The SMILES string of the molecule is COCOc1c(Br)cc(Br)cc1N(c1cc(Br)cc(Br)c1OCOC)C(C)(C)C. The molecule has 5 nitrogen and oxygen atoms in total. The van der Waals surface area contributed by atoms with Crippen molar-refractivity contribution in [1.82, 2.24) is 0 Å². The third-order valence-electron chi connectivity index (χ3n) is 3.77. The molecule has 9 heteroatoms. The molecule has 2 aromatic rings. The molecule has 0 saturated heterocycles. The summed E-state index contributed by atoms with van der Waals surface area (Å²) in [4.78, 5) is 2.16. The zero-order chi connectivity index (χ0) is 21.8. The van der Waals surface area contributed by atoms with Crippen LogP contribution in [0.3, 0.4) is 0 Å². The smallest absolute Gasteiger partial charge is 0.188 e.